The van der Waals surface area contributed by atoms with Gasteiger partial charge in [0.2, 0.25) is 0 Å². The summed E-state index contributed by atoms with van der Waals surface area (Å²) >= 11 is 0. The van der Waals surface area contributed by atoms with Crippen LogP contribution in [0, 0.1) is 6.92 Å². The molecule has 0 radical (unpaired) electrons. The van der Waals surface area contributed by atoms with Crippen LogP contribution in [0.4, 0.5) is 0 Å². The molecular formula is C19H20O3. The number of esters is 1. The highest BCUT2D eigenvalue weighted by Crippen LogP contribution is 2.35. The van der Waals surface area contributed by atoms with Crippen LogP contribution in [0.2, 0.25) is 0 Å². The van der Waals surface area contributed by atoms with E-state index in [1.165, 1.54) is 6.92 Å². The van der Waals surface area contributed by atoms with Gasteiger partial charge in [-0.2, -0.15) is 0 Å². The molecule has 3 nitrogen and oxygen atoms in total. The average Bonchev–Trinajstić information content (AvgIpc) is 2.47. The normalized spacial score (nSPS) is 11.8. The molecule has 0 N–H and O–H groups in total. The molecule has 1 unspecified atom stereocenters. The fourth-order valence-electron chi connectivity index (χ4n) is 2.57. The van der Waals surface area contributed by atoms with Gasteiger partial charge in [0, 0.05) is 24.8 Å². The third-order valence-corrected chi connectivity index (χ3v) is 3.49. The predicted octanol–water partition coefficient (Wildman–Crippen LogP) is 4.03. The predicted molar refractivity (Wildman–Crippen MR) is 86.1 cm³/mol. The molecule has 0 spiro atoms. The molecule has 2 aromatic carbocycles. The van der Waals surface area contributed by atoms with Crippen LogP contribution >= 0.6 is 0 Å². The van der Waals surface area contributed by atoms with Gasteiger partial charge in [-0.25, -0.2) is 0 Å². The standard InChI is InChI=1S/C19H20O3/c1-13-9-10-19(22-15(3)21)18(11-13)17(12-14(2)20)16-7-5-4-6-8-16/h4-11,17H,12H2,1-3H3. The molecule has 0 saturated carbocycles. The number of ketones is 1. The van der Waals surface area contributed by atoms with Gasteiger partial charge >= 0.3 is 5.97 Å². The summed E-state index contributed by atoms with van der Waals surface area (Å²) in [5.41, 5.74) is 2.98. The van der Waals surface area contributed by atoms with Crippen LogP contribution in [0.3, 0.4) is 0 Å². The average molecular weight is 296 g/mol. The zero-order chi connectivity index (χ0) is 16.1. The summed E-state index contributed by atoms with van der Waals surface area (Å²) in [5.74, 6) is 0.144. The fourth-order valence-corrected chi connectivity index (χ4v) is 2.57. The van der Waals surface area contributed by atoms with Crippen molar-refractivity contribution in [3.05, 3.63) is 65.2 Å². The number of rotatable bonds is 5. The van der Waals surface area contributed by atoms with Gasteiger partial charge in [0.05, 0.1) is 0 Å². The Bertz CT molecular complexity index is 674. The summed E-state index contributed by atoms with van der Waals surface area (Å²) in [6, 6.07) is 15.5. The molecule has 0 aliphatic heterocycles. The number of hydrogen-bond donors (Lipinski definition) is 0. The quantitative estimate of drug-likeness (QED) is 0.618. The minimum Gasteiger partial charge on any atom is -0.426 e. The maximum atomic E-state index is 11.7. The Morgan fingerprint density at radius 1 is 1.05 bits per heavy atom. The second kappa shape index (κ2) is 7.03. The maximum Gasteiger partial charge on any atom is 0.308 e. The van der Waals surface area contributed by atoms with Gasteiger partial charge in [-0.1, -0.05) is 48.0 Å². The first kappa shape index (κ1) is 16.0. The first-order chi connectivity index (χ1) is 10.5. The van der Waals surface area contributed by atoms with Gasteiger partial charge in [-0.05, 0) is 25.5 Å². The Hall–Kier alpha value is -2.42. The highest BCUT2D eigenvalue weighted by molar-refractivity contribution is 5.77. The molecule has 0 aliphatic carbocycles. The second-order valence-electron chi connectivity index (χ2n) is 5.50. The molecule has 0 aromatic heterocycles. The zero-order valence-electron chi connectivity index (χ0n) is 13.1. The van der Waals surface area contributed by atoms with Crippen LogP contribution in [0.5, 0.6) is 5.75 Å². The largest absolute Gasteiger partial charge is 0.426 e. The van der Waals surface area contributed by atoms with E-state index in [0.717, 1.165) is 16.7 Å². The van der Waals surface area contributed by atoms with Gasteiger partial charge in [0.25, 0.3) is 0 Å². The monoisotopic (exact) mass is 296 g/mol. The minimum atomic E-state index is -0.361. The van der Waals surface area contributed by atoms with Crippen molar-refractivity contribution in [3.63, 3.8) is 0 Å². The SMILES string of the molecule is CC(=O)CC(c1ccccc1)c1cc(C)ccc1OC(C)=O. The van der Waals surface area contributed by atoms with E-state index < -0.39 is 0 Å². The van der Waals surface area contributed by atoms with E-state index in [9.17, 15) is 9.59 Å². The molecule has 2 aromatic rings. The molecule has 0 heterocycles. The van der Waals surface area contributed by atoms with Crippen LogP contribution in [0.25, 0.3) is 0 Å². The first-order valence-electron chi connectivity index (χ1n) is 7.30. The molecular weight excluding hydrogens is 276 g/mol. The lowest BCUT2D eigenvalue weighted by atomic mass is 9.86. The van der Waals surface area contributed by atoms with Crippen LogP contribution in [-0.2, 0) is 9.59 Å². The molecule has 22 heavy (non-hydrogen) atoms. The Balaban J connectivity index is 2.53. The molecule has 0 fully saturated rings. The van der Waals surface area contributed by atoms with Gasteiger partial charge in [-0.3, -0.25) is 9.59 Å². The Labute approximate surface area is 130 Å². The highest BCUT2D eigenvalue weighted by Gasteiger charge is 2.21. The van der Waals surface area contributed by atoms with Crippen molar-refractivity contribution in [2.24, 2.45) is 0 Å². The van der Waals surface area contributed by atoms with Crippen molar-refractivity contribution in [3.8, 4) is 5.75 Å². The number of aryl methyl sites for hydroxylation is 1. The zero-order valence-corrected chi connectivity index (χ0v) is 13.1. The molecule has 1 atom stereocenters. The number of ether oxygens (including phenoxy) is 1. The number of benzene rings is 2. The van der Waals surface area contributed by atoms with Gasteiger partial charge in [0.15, 0.2) is 0 Å². The molecule has 3 heteroatoms. The van der Waals surface area contributed by atoms with E-state index >= 15 is 0 Å². The smallest absolute Gasteiger partial charge is 0.308 e. The Morgan fingerprint density at radius 3 is 2.32 bits per heavy atom. The van der Waals surface area contributed by atoms with E-state index in [1.807, 2.05) is 49.4 Å². The Morgan fingerprint density at radius 2 is 1.73 bits per heavy atom. The number of Topliss-reactive ketones (excluding diaryl/α,β-unsaturated/α-hetero) is 1. The third-order valence-electron chi connectivity index (χ3n) is 3.49. The lowest BCUT2D eigenvalue weighted by molar-refractivity contribution is -0.131. The summed E-state index contributed by atoms with van der Waals surface area (Å²) in [7, 11) is 0. The van der Waals surface area contributed by atoms with Crippen molar-refractivity contribution in [2.75, 3.05) is 0 Å². The van der Waals surface area contributed by atoms with Crippen molar-refractivity contribution in [1.82, 2.24) is 0 Å². The summed E-state index contributed by atoms with van der Waals surface area (Å²) in [5, 5.41) is 0. The summed E-state index contributed by atoms with van der Waals surface area (Å²) in [4.78, 5) is 23.1. The highest BCUT2D eigenvalue weighted by atomic mass is 16.5. The van der Waals surface area contributed by atoms with Gasteiger partial charge < -0.3 is 4.74 Å². The molecule has 2 rings (SSSR count). The minimum absolute atomic E-state index is 0.101. The van der Waals surface area contributed by atoms with Crippen molar-refractivity contribution in [2.45, 2.75) is 33.1 Å². The molecule has 0 amide bonds. The lowest BCUT2D eigenvalue weighted by Gasteiger charge is -2.20. The van der Waals surface area contributed by atoms with E-state index in [1.54, 1.807) is 13.0 Å². The van der Waals surface area contributed by atoms with Crippen molar-refractivity contribution in [1.29, 1.82) is 0 Å². The van der Waals surface area contributed by atoms with Gasteiger partial charge in [-0.15, -0.1) is 0 Å². The van der Waals surface area contributed by atoms with Crippen molar-refractivity contribution < 1.29 is 14.3 Å². The fraction of sp³-hybridized carbons (Fsp3) is 0.263. The maximum absolute atomic E-state index is 11.7. The van der Waals surface area contributed by atoms with Crippen LogP contribution < -0.4 is 4.74 Å². The molecule has 0 saturated heterocycles. The van der Waals surface area contributed by atoms with Crippen LogP contribution in [-0.4, -0.2) is 11.8 Å². The topological polar surface area (TPSA) is 43.4 Å². The molecule has 0 bridgehead atoms. The third kappa shape index (κ3) is 4.04. The number of carbonyl (C=O) groups is 2. The Kier molecular flexibility index (Phi) is 5.10. The molecule has 0 aliphatic rings. The van der Waals surface area contributed by atoms with E-state index in [-0.39, 0.29) is 17.7 Å². The molecule has 114 valence electrons. The number of carbonyl (C=O) groups excluding carboxylic acids is 2. The van der Waals surface area contributed by atoms with Crippen LogP contribution in [0.1, 0.15) is 42.9 Å². The van der Waals surface area contributed by atoms with E-state index in [2.05, 4.69) is 0 Å². The van der Waals surface area contributed by atoms with E-state index in [0.29, 0.717) is 12.2 Å². The van der Waals surface area contributed by atoms with E-state index in [4.69, 9.17) is 4.74 Å². The van der Waals surface area contributed by atoms with Crippen molar-refractivity contribution >= 4 is 11.8 Å². The van der Waals surface area contributed by atoms with Gasteiger partial charge in [0.1, 0.15) is 11.5 Å². The lowest BCUT2D eigenvalue weighted by Crippen LogP contribution is -2.11. The summed E-state index contributed by atoms with van der Waals surface area (Å²) in [6.07, 6.45) is 0.377. The summed E-state index contributed by atoms with van der Waals surface area (Å²) < 4.78 is 5.33. The first-order valence-corrected chi connectivity index (χ1v) is 7.30. The second-order valence-corrected chi connectivity index (χ2v) is 5.50. The summed E-state index contributed by atoms with van der Waals surface area (Å²) in [6.45, 7) is 4.94. The van der Waals surface area contributed by atoms with Crippen LogP contribution in [0.15, 0.2) is 48.5 Å². The number of hydrogen-bond acceptors (Lipinski definition) is 3.